The molecule has 35 heavy (non-hydrogen) atoms. The van der Waals surface area contributed by atoms with Crippen LogP contribution in [0.4, 0.5) is 10.6 Å². The Hall–Kier alpha value is -4.14. The molecule has 180 valence electrons. The van der Waals surface area contributed by atoms with E-state index in [1.807, 2.05) is 43.3 Å². The Balaban J connectivity index is 1.28. The number of fused-ring (bicyclic) bond motifs is 4. The number of rotatable bonds is 7. The van der Waals surface area contributed by atoms with Gasteiger partial charge in [-0.25, -0.2) is 14.3 Å². The fourth-order valence-electron chi connectivity index (χ4n) is 5.01. The maximum atomic E-state index is 13.3. The van der Waals surface area contributed by atoms with Gasteiger partial charge in [0.25, 0.3) is 5.91 Å². The lowest BCUT2D eigenvalue weighted by Crippen LogP contribution is -2.48. The second kappa shape index (κ2) is 9.25. The molecule has 2 amide bonds. The molecule has 2 aliphatic rings. The van der Waals surface area contributed by atoms with E-state index < -0.39 is 18.1 Å². The lowest BCUT2D eigenvalue weighted by atomic mass is 9.98. The predicted molar refractivity (Wildman–Crippen MR) is 128 cm³/mol. The van der Waals surface area contributed by atoms with E-state index in [1.54, 1.807) is 0 Å². The zero-order valence-corrected chi connectivity index (χ0v) is 19.3. The molecule has 1 aliphatic carbocycles. The topological polar surface area (TPSA) is 114 Å². The Morgan fingerprint density at radius 1 is 1.09 bits per heavy atom. The Kier molecular flexibility index (Phi) is 5.98. The van der Waals surface area contributed by atoms with E-state index >= 15 is 0 Å². The summed E-state index contributed by atoms with van der Waals surface area (Å²) in [6.07, 6.45) is 1.62. The number of alkyl carbamates (subject to hydrolysis) is 1. The molecule has 5 rings (SSSR count). The normalized spacial score (nSPS) is 14.7. The number of aromatic carboxylic acids is 1. The number of benzene rings is 2. The molecule has 1 aliphatic heterocycles. The van der Waals surface area contributed by atoms with Gasteiger partial charge in [-0.1, -0.05) is 61.9 Å². The van der Waals surface area contributed by atoms with Crippen molar-refractivity contribution >= 4 is 23.8 Å². The molecule has 9 heteroatoms. The van der Waals surface area contributed by atoms with Gasteiger partial charge in [-0.3, -0.25) is 9.69 Å². The van der Waals surface area contributed by atoms with E-state index in [0.29, 0.717) is 25.9 Å². The smallest absolute Gasteiger partial charge is 0.407 e. The van der Waals surface area contributed by atoms with Gasteiger partial charge in [-0.2, -0.15) is 5.10 Å². The molecule has 0 unspecified atom stereocenters. The van der Waals surface area contributed by atoms with E-state index in [1.165, 1.54) is 15.8 Å². The third-order valence-corrected chi connectivity index (χ3v) is 6.61. The Morgan fingerprint density at radius 3 is 2.37 bits per heavy atom. The van der Waals surface area contributed by atoms with Gasteiger partial charge in [-0.05, 0) is 28.7 Å². The Labute approximate surface area is 202 Å². The average molecular weight is 475 g/mol. The summed E-state index contributed by atoms with van der Waals surface area (Å²) in [5.41, 5.74) is 4.45. The van der Waals surface area contributed by atoms with Gasteiger partial charge in [0.05, 0.1) is 12.7 Å². The molecule has 3 aromatic rings. The summed E-state index contributed by atoms with van der Waals surface area (Å²) in [7, 11) is 0. The molecule has 2 heterocycles. The summed E-state index contributed by atoms with van der Waals surface area (Å²) in [4.78, 5) is 39.1. The summed E-state index contributed by atoms with van der Waals surface area (Å²) in [6.45, 7) is 2.76. The van der Waals surface area contributed by atoms with Crippen LogP contribution in [0.15, 0.2) is 54.7 Å². The number of aromatic nitrogens is 2. The maximum Gasteiger partial charge on any atom is 0.407 e. The number of nitrogens with one attached hydrogen (secondary N) is 1. The molecular weight excluding hydrogens is 448 g/mol. The number of carbonyl (C=O) groups excluding carboxylic acids is 2. The average Bonchev–Trinajstić information content (AvgIpc) is 3.54. The first-order valence-electron chi connectivity index (χ1n) is 11.7. The van der Waals surface area contributed by atoms with E-state index in [0.717, 1.165) is 22.3 Å². The van der Waals surface area contributed by atoms with Crippen LogP contribution in [0.5, 0.6) is 0 Å². The number of carboxylic acid groups (broad SMARTS) is 1. The standard InChI is InChI=1S/C26H26N4O5/c1-2-7-22(24(31)29-12-13-30-23(29)20(14-27-30)25(32)33)28-26(34)35-15-21-18-10-5-3-8-16(18)17-9-4-6-11-19(17)21/h3-6,8-11,14,21-22H,2,7,12-13,15H2,1H3,(H,28,34)(H,32,33)/t22-/m1/s1. The number of nitrogens with zero attached hydrogens (tertiary/aromatic N) is 3. The molecule has 0 saturated heterocycles. The van der Waals surface area contributed by atoms with Crippen molar-refractivity contribution in [3.05, 3.63) is 71.4 Å². The third kappa shape index (κ3) is 4.03. The summed E-state index contributed by atoms with van der Waals surface area (Å²) in [5, 5.41) is 16.2. The summed E-state index contributed by atoms with van der Waals surface area (Å²) in [5.74, 6) is -1.36. The Bertz CT molecular complexity index is 1250. The van der Waals surface area contributed by atoms with Crippen molar-refractivity contribution in [2.24, 2.45) is 0 Å². The van der Waals surface area contributed by atoms with E-state index in [9.17, 15) is 19.5 Å². The molecule has 1 aromatic heterocycles. The first kappa shape index (κ1) is 22.6. The van der Waals surface area contributed by atoms with Gasteiger partial charge in [0.2, 0.25) is 0 Å². The highest BCUT2D eigenvalue weighted by Gasteiger charge is 2.36. The molecule has 1 atom stereocenters. The first-order chi connectivity index (χ1) is 17.0. The van der Waals surface area contributed by atoms with Gasteiger partial charge < -0.3 is 15.2 Å². The van der Waals surface area contributed by atoms with Crippen molar-refractivity contribution in [1.82, 2.24) is 15.1 Å². The van der Waals surface area contributed by atoms with Crippen LogP contribution in [0.25, 0.3) is 11.1 Å². The largest absolute Gasteiger partial charge is 0.477 e. The highest BCUT2D eigenvalue weighted by molar-refractivity contribution is 6.04. The number of amides is 2. The minimum atomic E-state index is -1.15. The number of anilines is 1. The number of carboxylic acids is 1. The molecule has 0 spiro atoms. The zero-order valence-electron chi connectivity index (χ0n) is 19.3. The molecule has 0 radical (unpaired) electrons. The van der Waals surface area contributed by atoms with Crippen LogP contribution in [0.3, 0.4) is 0 Å². The zero-order chi connectivity index (χ0) is 24.5. The van der Waals surface area contributed by atoms with Crippen LogP contribution < -0.4 is 10.2 Å². The van der Waals surface area contributed by atoms with Crippen LogP contribution in [-0.4, -0.2) is 52.1 Å². The van der Waals surface area contributed by atoms with Crippen molar-refractivity contribution < 1.29 is 24.2 Å². The number of hydrogen-bond acceptors (Lipinski definition) is 5. The second-order valence-corrected chi connectivity index (χ2v) is 8.71. The molecule has 0 bridgehead atoms. The van der Waals surface area contributed by atoms with Gasteiger partial charge >= 0.3 is 12.1 Å². The van der Waals surface area contributed by atoms with Crippen LogP contribution in [-0.2, 0) is 16.1 Å². The summed E-state index contributed by atoms with van der Waals surface area (Å²) in [6, 6.07) is 15.3. The summed E-state index contributed by atoms with van der Waals surface area (Å²) >= 11 is 0. The van der Waals surface area contributed by atoms with Crippen molar-refractivity contribution in [2.45, 2.75) is 38.3 Å². The van der Waals surface area contributed by atoms with Crippen LogP contribution in [0.1, 0.15) is 47.2 Å². The van der Waals surface area contributed by atoms with Crippen molar-refractivity contribution in [1.29, 1.82) is 0 Å². The number of carbonyl (C=O) groups is 3. The molecule has 0 saturated carbocycles. The highest BCUT2D eigenvalue weighted by atomic mass is 16.5. The van der Waals surface area contributed by atoms with Gasteiger partial charge in [-0.15, -0.1) is 0 Å². The molecule has 9 nitrogen and oxygen atoms in total. The van der Waals surface area contributed by atoms with Crippen molar-refractivity contribution in [3.8, 4) is 11.1 Å². The van der Waals surface area contributed by atoms with Crippen LogP contribution in [0, 0.1) is 0 Å². The quantitative estimate of drug-likeness (QED) is 0.541. The first-order valence-corrected chi connectivity index (χ1v) is 11.7. The molecule has 0 fully saturated rings. The third-order valence-electron chi connectivity index (χ3n) is 6.61. The molecule has 2 N–H and O–H groups in total. The van der Waals surface area contributed by atoms with Crippen molar-refractivity contribution in [3.63, 3.8) is 0 Å². The minimum absolute atomic E-state index is 0.0350. The van der Waals surface area contributed by atoms with Gasteiger partial charge in [0.15, 0.2) is 0 Å². The maximum absolute atomic E-state index is 13.3. The van der Waals surface area contributed by atoms with E-state index in [2.05, 4.69) is 22.5 Å². The van der Waals surface area contributed by atoms with Gasteiger partial charge in [0.1, 0.15) is 24.0 Å². The molecule has 2 aromatic carbocycles. The highest BCUT2D eigenvalue weighted by Crippen LogP contribution is 2.44. The van der Waals surface area contributed by atoms with Crippen molar-refractivity contribution in [2.75, 3.05) is 18.1 Å². The SMILES string of the molecule is CCC[C@@H](NC(=O)OCC1c2ccccc2-c2ccccc21)C(=O)N1CCn2ncc(C(=O)O)c21. The fourth-order valence-corrected chi connectivity index (χ4v) is 5.01. The van der Waals surface area contributed by atoms with Crippen LogP contribution in [0.2, 0.25) is 0 Å². The van der Waals surface area contributed by atoms with E-state index in [-0.39, 0.29) is 29.8 Å². The predicted octanol–water partition coefficient (Wildman–Crippen LogP) is 3.64. The fraction of sp³-hybridized carbons (Fsp3) is 0.308. The monoisotopic (exact) mass is 474 g/mol. The van der Waals surface area contributed by atoms with Crippen LogP contribution >= 0.6 is 0 Å². The Morgan fingerprint density at radius 2 is 1.74 bits per heavy atom. The lowest BCUT2D eigenvalue weighted by Gasteiger charge is -2.24. The molecular formula is C26H26N4O5. The summed E-state index contributed by atoms with van der Waals surface area (Å²) < 4.78 is 7.11. The van der Waals surface area contributed by atoms with Gasteiger partial charge in [0, 0.05) is 12.5 Å². The minimum Gasteiger partial charge on any atom is -0.477 e. The number of hydrogen-bond donors (Lipinski definition) is 2. The second-order valence-electron chi connectivity index (χ2n) is 8.71. The number of ether oxygens (including phenoxy) is 1. The lowest BCUT2D eigenvalue weighted by molar-refractivity contribution is -0.120. The van der Waals surface area contributed by atoms with E-state index in [4.69, 9.17) is 4.74 Å².